The average Bonchev–Trinajstić information content (AvgIpc) is 2.70. The van der Waals surface area contributed by atoms with Gasteiger partial charge in [-0.3, -0.25) is 4.79 Å². The summed E-state index contributed by atoms with van der Waals surface area (Å²) in [5.41, 5.74) is 3.30. The smallest absolute Gasteiger partial charge is 0.254 e. The Balaban J connectivity index is 1.53. The van der Waals surface area contributed by atoms with E-state index in [4.69, 9.17) is 4.74 Å². The summed E-state index contributed by atoms with van der Waals surface area (Å²) in [6.07, 6.45) is 1.70. The molecule has 3 rings (SSSR count). The first-order valence-corrected chi connectivity index (χ1v) is 9.44. The Hall–Kier alpha value is -3.15. The van der Waals surface area contributed by atoms with Crippen LogP contribution in [-0.2, 0) is 0 Å². The zero-order chi connectivity index (χ0) is 20.1. The lowest BCUT2D eigenvalue weighted by Crippen LogP contribution is -2.14. The zero-order valence-corrected chi connectivity index (χ0v) is 16.7. The third kappa shape index (κ3) is 4.76. The summed E-state index contributed by atoms with van der Waals surface area (Å²) < 4.78 is 5.75. The van der Waals surface area contributed by atoms with Crippen LogP contribution in [0.1, 0.15) is 36.6 Å². The molecule has 28 heavy (non-hydrogen) atoms. The summed E-state index contributed by atoms with van der Waals surface area (Å²) in [4.78, 5) is 23.5. The van der Waals surface area contributed by atoms with Crippen molar-refractivity contribution in [2.75, 3.05) is 18.5 Å². The lowest BCUT2D eigenvalue weighted by atomic mass is 10.0. The fraction of sp³-hybridized carbons (Fsp3) is 0.318. The first-order chi connectivity index (χ1) is 13.4. The van der Waals surface area contributed by atoms with E-state index in [1.807, 2.05) is 31.2 Å². The van der Waals surface area contributed by atoms with Crippen LogP contribution in [0.5, 0.6) is 5.75 Å². The standard InChI is InChI=1S/C22H26N4O2/c1-14(2)17-5-8-19(9-6-17)28-12-11-23-20-10-7-18(13-24-20)21-25-16(4)15(3)22(27)26-21/h5-10,13-14H,11-12H2,1-4H3,(H,23,24)(H,25,26,27). The predicted molar refractivity (Wildman–Crippen MR) is 112 cm³/mol. The molecule has 0 amide bonds. The minimum atomic E-state index is -0.122. The molecule has 6 nitrogen and oxygen atoms in total. The summed E-state index contributed by atoms with van der Waals surface area (Å²) >= 11 is 0. The molecule has 2 N–H and O–H groups in total. The van der Waals surface area contributed by atoms with Crippen LogP contribution in [0.15, 0.2) is 47.4 Å². The summed E-state index contributed by atoms with van der Waals surface area (Å²) in [6.45, 7) is 9.11. The topological polar surface area (TPSA) is 79.9 Å². The maximum absolute atomic E-state index is 11.9. The molecule has 0 aliphatic carbocycles. The molecule has 2 heterocycles. The average molecular weight is 378 g/mol. The van der Waals surface area contributed by atoms with Crippen molar-refractivity contribution in [3.05, 3.63) is 69.8 Å². The van der Waals surface area contributed by atoms with Crippen molar-refractivity contribution in [2.24, 2.45) is 0 Å². The van der Waals surface area contributed by atoms with Gasteiger partial charge in [0.25, 0.3) is 5.56 Å². The fourth-order valence-corrected chi connectivity index (χ4v) is 2.72. The molecule has 2 aromatic heterocycles. The van der Waals surface area contributed by atoms with Crippen LogP contribution < -0.4 is 15.6 Å². The van der Waals surface area contributed by atoms with E-state index in [0.717, 1.165) is 22.8 Å². The predicted octanol–water partition coefficient (Wildman–Crippen LogP) is 4.06. The summed E-state index contributed by atoms with van der Waals surface area (Å²) in [5, 5.41) is 3.23. The summed E-state index contributed by atoms with van der Waals surface area (Å²) in [5.74, 6) is 2.65. The van der Waals surface area contributed by atoms with Gasteiger partial charge in [-0.1, -0.05) is 26.0 Å². The fourth-order valence-electron chi connectivity index (χ4n) is 2.72. The Kier molecular flexibility index (Phi) is 6.09. The first kappa shape index (κ1) is 19.6. The van der Waals surface area contributed by atoms with Crippen LogP contribution in [0.4, 0.5) is 5.82 Å². The van der Waals surface area contributed by atoms with Crippen molar-refractivity contribution >= 4 is 5.82 Å². The van der Waals surface area contributed by atoms with Gasteiger partial charge in [0.15, 0.2) is 0 Å². The van der Waals surface area contributed by atoms with E-state index in [0.29, 0.717) is 30.5 Å². The van der Waals surface area contributed by atoms with E-state index in [2.05, 4.69) is 46.2 Å². The number of nitrogens with zero attached hydrogens (tertiary/aromatic N) is 2. The molecular weight excluding hydrogens is 352 g/mol. The number of anilines is 1. The molecule has 0 radical (unpaired) electrons. The zero-order valence-electron chi connectivity index (χ0n) is 16.7. The lowest BCUT2D eigenvalue weighted by Gasteiger charge is -2.10. The third-order valence-electron chi connectivity index (χ3n) is 4.66. The van der Waals surface area contributed by atoms with Gasteiger partial charge in [0.05, 0.1) is 6.54 Å². The molecule has 1 aromatic carbocycles. The van der Waals surface area contributed by atoms with Crippen LogP contribution in [0.2, 0.25) is 0 Å². The Bertz CT molecular complexity index is 977. The monoisotopic (exact) mass is 378 g/mol. The molecular formula is C22H26N4O2. The molecule has 0 saturated carbocycles. The van der Waals surface area contributed by atoms with Crippen molar-refractivity contribution in [3.63, 3.8) is 0 Å². The van der Waals surface area contributed by atoms with Gasteiger partial charge in [-0.2, -0.15) is 0 Å². The molecule has 0 unspecified atom stereocenters. The molecule has 0 aliphatic rings. The molecule has 3 aromatic rings. The van der Waals surface area contributed by atoms with Gasteiger partial charge in [-0.25, -0.2) is 9.97 Å². The molecule has 0 saturated heterocycles. The van der Waals surface area contributed by atoms with Crippen LogP contribution in [-0.4, -0.2) is 28.1 Å². The second-order valence-corrected chi connectivity index (χ2v) is 7.06. The maximum Gasteiger partial charge on any atom is 0.254 e. The minimum Gasteiger partial charge on any atom is -0.492 e. The van der Waals surface area contributed by atoms with Crippen LogP contribution >= 0.6 is 0 Å². The van der Waals surface area contributed by atoms with Gasteiger partial charge in [0.2, 0.25) is 0 Å². The Morgan fingerprint density at radius 2 is 1.86 bits per heavy atom. The maximum atomic E-state index is 11.9. The number of pyridine rings is 1. The Morgan fingerprint density at radius 1 is 1.11 bits per heavy atom. The van der Waals surface area contributed by atoms with E-state index < -0.39 is 0 Å². The van der Waals surface area contributed by atoms with E-state index in [1.54, 1.807) is 13.1 Å². The normalized spacial score (nSPS) is 10.9. The number of aromatic nitrogens is 3. The number of H-pyrrole nitrogens is 1. The number of nitrogens with one attached hydrogen (secondary N) is 2. The number of aromatic amines is 1. The molecule has 0 fully saturated rings. The molecule has 0 atom stereocenters. The quantitative estimate of drug-likeness (QED) is 0.606. The van der Waals surface area contributed by atoms with Gasteiger partial charge < -0.3 is 15.0 Å². The third-order valence-corrected chi connectivity index (χ3v) is 4.66. The second kappa shape index (κ2) is 8.69. The van der Waals surface area contributed by atoms with Gasteiger partial charge in [-0.05, 0) is 49.6 Å². The number of hydrogen-bond acceptors (Lipinski definition) is 5. The van der Waals surface area contributed by atoms with E-state index in [1.165, 1.54) is 5.56 Å². The highest BCUT2D eigenvalue weighted by atomic mass is 16.5. The van der Waals surface area contributed by atoms with E-state index in [-0.39, 0.29) is 5.56 Å². The molecule has 0 spiro atoms. The van der Waals surface area contributed by atoms with E-state index >= 15 is 0 Å². The molecule has 0 aliphatic heterocycles. The van der Waals surface area contributed by atoms with Crippen molar-refractivity contribution in [2.45, 2.75) is 33.6 Å². The molecule has 0 bridgehead atoms. The largest absolute Gasteiger partial charge is 0.492 e. The first-order valence-electron chi connectivity index (χ1n) is 9.44. The Labute approximate surface area is 165 Å². The van der Waals surface area contributed by atoms with Gasteiger partial charge >= 0.3 is 0 Å². The van der Waals surface area contributed by atoms with Crippen LogP contribution in [0.3, 0.4) is 0 Å². The highest BCUT2D eigenvalue weighted by Crippen LogP contribution is 2.19. The lowest BCUT2D eigenvalue weighted by molar-refractivity contribution is 0.332. The highest BCUT2D eigenvalue weighted by molar-refractivity contribution is 5.56. The van der Waals surface area contributed by atoms with Crippen LogP contribution in [0, 0.1) is 13.8 Å². The van der Waals surface area contributed by atoms with Crippen molar-refractivity contribution in [3.8, 4) is 17.1 Å². The van der Waals surface area contributed by atoms with Gasteiger partial charge in [-0.15, -0.1) is 0 Å². The summed E-state index contributed by atoms with van der Waals surface area (Å²) in [7, 11) is 0. The highest BCUT2D eigenvalue weighted by Gasteiger charge is 2.06. The number of rotatable bonds is 7. The van der Waals surface area contributed by atoms with Gasteiger partial charge in [0.1, 0.15) is 24.0 Å². The Morgan fingerprint density at radius 3 is 2.46 bits per heavy atom. The van der Waals surface area contributed by atoms with Gasteiger partial charge in [0, 0.05) is 23.0 Å². The second-order valence-electron chi connectivity index (χ2n) is 7.06. The van der Waals surface area contributed by atoms with Crippen molar-refractivity contribution < 1.29 is 4.74 Å². The number of aryl methyl sites for hydroxylation is 1. The number of ether oxygens (including phenoxy) is 1. The van der Waals surface area contributed by atoms with Crippen LogP contribution in [0.25, 0.3) is 11.4 Å². The van der Waals surface area contributed by atoms with Crippen molar-refractivity contribution in [1.29, 1.82) is 0 Å². The number of hydrogen-bond donors (Lipinski definition) is 2. The van der Waals surface area contributed by atoms with E-state index in [9.17, 15) is 4.79 Å². The number of benzene rings is 1. The molecule has 6 heteroatoms. The minimum absolute atomic E-state index is 0.122. The van der Waals surface area contributed by atoms with Crippen molar-refractivity contribution in [1.82, 2.24) is 15.0 Å². The summed E-state index contributed by atoms with van der Waals surface area (Å²) in [6, 6.07) is 11.9. The SMILES string of the molecule is Cc1nc(-c2ccc(NCCOc3ccc(C(C)C)cc3)nc2)[nH]c(=O)c1C. The molecule has 146 valence electrons.